The van der Waals surface area contributed by atoms with Crippen LogP contribution in [0.15, 0.2) is 46.6 Å². The van der Waals surface area contributed by atoms with Crippen molar-refractivity contribution in [2.75, 3.05) is 0 Å². The first-order valence-corrected chi connectivity index (χ1v) is 6.39. The third-order valence-electron chi connectivity index (χ3n) is 3.66. The van der Waals surface area contributed by atoms with Crippen LogP contribution in [0.2, 0.25) is 0 Å². The smallest absolute Gasteiger partial charge is 0.340 e. The first-order chi connectivity index (χ1) is 10.8. The number of carbonyl (C=O) groups is 4. The predicted molar refractivity (Wildman–Crippen MR) is 76.3 cm³/mol. The summed E-state index contributed by atoms with van der Waals surface area (Å²) in [5.41, 5.74) is -1.99. The zero-order valence-electron chi connectivity index (χ0n) is 11.4. The largest absolute Gasteiger partial charge is 0.478 e. The third-order valence-corrected chi connectivity index (χ3v) is 3.66. The standard InChI is InChI=1S/C16H8O7/c17-13-8-5-6-3-1-2-4-7(6)9(8)10(14(18)19)11(15(20)21)12(13)16(22)23/h1-5H,(H,18,19)(H,20,21)(H,22,23). The lowest BCUT2D eigenvalue weighted by Gasteiger charge is -2.19. The van der Waals surface area contributed by atoms with E-state index in [1.165, 1.54) is 6.08 Å². The number of Topliss-reactive ketones (excluding diaryl/α,β-unsaturated/α-hetero) is 1. The molecule has 0 unspecified atom stereocenters. The van der Waals surface area contributed by atoms with Crippen LogP contribution in [-0.4, -0.2) is 39.0 Å². The van der Waals surface area contributed by atoms with Crippen LogP contribution in [0.5, 0.6) is 0 Å². The van der Waals surface area contributed by atoms with E-state index in [9.17, 15) is 34.5 Å². The van der Waals surface area contributed by atoms with Crippen molar-refractivity contribution in [2.24, 2.45) is 0 Å². The molecule has 114 valence electrons. The minimum absolute atomic E-state index is 0.0551. The van der Waals surface area contributed by atoms with Crippen molar-refractivity contribution < 1.29 is 34.5 Å². The molecular weight excluding hydrogens is 304 g/mol. The number of rotatable bonds is 3. The molecule has 23 heavy (non-hydrogen) atoms. The average molecular weight is 312 g/mol. The van der Waals surface area contributed by atoms with Gasteiger partial charge in [-0.2, -0.15) is 0 Å². The molecule has 7 nitrogen and oxygen atoms in total. The van der Waals surface area contributed by atoms with Gasteiger partial charge in [0.1, 0.15) is 5.57 Å². The molecule has 1 aromatic rings. The first kappa shape index (κ1) is 14.5. The Balaban J connectivity index is 2.48. The number of benzene rings is 1. The Bertz CT molecular complexity index is 912. The molecule has 0 fully saturated rings. The van der Waals surface area contributed by atoms with E-state index < -0.39 is 40.4 Å². The fourth-order valence-corrected chi connectivity index (χ4v) is 2.80. The van der Waals surface area contributed by atoms with Crippen LogP contribution in [-0.2, 0) is 19.2 Å². The number of hydrogen-bond acceptors (Lipinski definition) is 4. The van der Waals surface area contributed by atoms with E-state index in [1.807, 2.05) is 0 Å². The second kappa shape index (κ2) is 4.77. The Morgan fingerprint density at radius 1 is 0.783 bits per heavy atom. The molecule has 0 aromatic heterocycles. The summed E-state index contributed by atoms with van der Waals surface area (Å²) in [7, 11) is 0. The molecule has 0 amide bonds. The van der Waals surface area contributed by atoms with Crippen molar-refractivity contribution in [3.05, 3.63) is 57.7 Å². The average Bonchev–Trinajstić information content (AvgIpc) is 2.85. The van der Waals surface area contributed by atoms with Crippen molar-refractivity contribution in [2.45, 2.75) is 0 Å². The molecular formula is C16H8O7. The van der Waals surface area contributed by atoms with Gasteiger partial charge in [0.25, 0.3) is 0 Å². The molecule has 2 aliphatic rings. The van der Waals surface area contributed by atoms with Crippen molar-refractivity contribution in [1.82, 2.24) is 0 Å². The zero-order valence-corrected chi connectivity index (χ0v) is 11.4. The number of ketones is 1. The lowest BCUT2D eigenvalue weighted by molar-refractivity contribution is -0.138. The SMILES string of the molecule is O=C(O)C1=C(C(=O)O)C(C(=O)O)=C2C(=Cc3ccccc32)C1=O. The van der Waals surface area contributed by atoms with Gasteiger partial charge in [-0.15, -0.1) is 0 Å². The number of carboxylic acids is 3. The maximum Gasteiger partial charge on any atom is 0.340 e. The molecule has 0 saturated carbocycles. The highest BCUT2D eigenvalue weighted by atomic mass is 16.4. The second-order valence-electron chi connectivity index (χ2n) is 4.89. The fraction of sp³-hybridized carbons (Fsp3) is 0. The normalized spacial score (nSPS) is 16.0. The van der Waals surface area contributed by atoms with Crippen molar-refractivity contribution in [1.29, 1.82) is 0 Å². The van der Waals surface area contributed by atoms with Gasteiger partial charge >= 0.3 is 17.9 Å². The highest BCUT2D eigenvalue weighted by Gasteiger charge is 2.43. The molecule has 3 N–H and O–H groups in total. The summed E-state index contributed by atoms with van der Waals surface area (Å²) in [6, 6.07) is 6.46. The summed E-state index contributed by atoms with van der Waals surface area (Å²) >= 11 is 0. The summed E-state index contributed by atoms with van der Waals surface area (Å²) in [5.74, 6) is -6.16. The summed E-state index contributed by atoms with van der Waals surface area (Å²) in [6.07, 6.45) is 1.37. The quantitative estimate of drug-likeness (QED) is 0.709. The van der Waals surface area contributed by atoms with Gasteiger partial charge in [0.15, 0.2) is 0 Å². The Kier molecular flexibility index (Phi) is 3.00. The van der Waals surface area contributed by atoms with Crippen molar-refractivity contribution >= 4 is 35.3 Å². The maximum absolute atomic E-state index is 12.4. The molecule has 1 aromatic carbocycles. The number of hydrogen-bond donors (Lipinski definition) is 3. The van der Waals surface area contributed by atoms with Gasteiger partial charge in [-0.25, -0.2) is 14.4 Å². The van der Waals surface area contributed by atoms with Crippen LogP contribution in [0.3, 0.4) is 0 Å². The van der Waals surface area contributed by atoms with Crippen LogP contribution in [0.1, 0.15) is 11.1 Å². The lowest BCUT2D eigenvalue weighted by atomic mass is 9.81. The molecule has 0 heterocycles. The van der Waals surface area contributed by atoms with Gasteiger partial charge in [0.05, 0.1) is 11.1 Å². The summed E-state index contributed by atoms with van der Waals surface area (Å²) in [6.45, 7) is 0. The van der Waals surface area contributed by atoms with E-state index in [4.69, 9.17) is 0 Å². The van der Waals surface area contributed by atoms with Gasteiger partial charge in [0.2, 0.25) is 5.78 Å². The number of fused-ring (bicyclic) bond motifs is 3. The molecule has 7 heteroatoms. The zero-order chi connectivity index (χ0) is 16.9. The van der Waals surface area contributed by atoms with Gasteiger partial charge in [-0.05, 0) is 17.2 Å². The summed E-state index contributed by atoms with van der Waals surface area (Å²) in [5, 5.41) is 27.9. The first-order valence-electron chi connectivity index (χ1n) is 6.39. The molecule has 0 bridgehead atoms. The molecule has 2 aliphatic carbocycles. The van der Waals surface area contributed by atoms with Crippen LogP contribution >= 0.6 is 0 Å². The van der Waals surface area contributed by atoms with Gasteiger partial charge in [-0.3, -0.25) is 4.79 Å². The molecule has 0 aliphatic heterocycles. The monoisotopic (exact) mass is 312 g/mol. The molecule has 0 saturated heterocycles. The number of carbonyl (C=O) groups excluding carboxylic acids is 1. The lowest BCUT2D eigenvalue weighted by Crippen LogP contribution is -2.28. The highest BCUT2D eigenvalue weighted by molar-refractivity contribution is 6.40. The summed E-state index contributed by atoms with van der Waals surface area (Å²) in [4.78, 5) is 46.8. The second-order valence-corrected chi connectivity index (χ2v) is 4.89. The number of aliphatic carboxylic acids is 3. The van der Waals surface area contributed by atoms with Crippen LogP contribution in [0, 0.1) is 0 Å². The number of allylic oxidation sites excluding steroid dienone is 2. The molecule has 0 radical (unpaired) electrons. The Hall–Kier alpha value is -3.48. The number of carboxylic acid groups (broad SMARTS) is 3. The third kappa shape index (κ3) is 1.90. The topological polar surface area (TPSA) is 129 Å². The summed E-state index contributed by atoms with van der Waals surface area (Å²) < 4.78 is 0. The molecule has 0 spiro atoms. The van der Waals surface area contributed by atoms with E-state index in [2.05, 4.69) is 0 Å². The maximum atomic E-state index is 12.4. The Labute approximate surface area is 128 Å². The minimum atomic E-state index is -1.78. The van der Waals surface area contributed by atoms with E-state index in [0.29, 0.717) is 11.1 Å². The van der Waals surface area contributed by atoms with Crippen LogP contribution in [0.4, 0.5) is 0 Å². The van der Waals surface area contributed by atoms with Crippen molar-refractivity contribution in [3.63, 3.8) is 0 Å². The molecule has 0 atom stereocenters. The minimum Gasteiger partial charge on any atom is -0.478 e. The van der Waals surface area contributed by atoms with Crippen LogP contribution in [0.25, 0.3) is 11.6 Å². The Morgan fingerprint density at radius 3 is 1.91 bits per heavy atom. The van der Waals surface area contributed by atoms with E-state index in [0.717, 1.165) is 0 Å². The molecule has 3 rings (SSSR count). The Morgan fingerprint density at radius 2 is 1.35 bits per heavy atom. The van der Waals surface area contributed by atoms with Crippen molar-refractivity contribution in [3.8, 4) is 0 Å². The van der Waals surface area contributed by atoms with Gasteiger partial charge in [0, 0.05) is 11.1 Å². The highest BCUT2D eigenvalue weighted by Crippen LogP contribution is 2.44. The van der Waals surface area contributed by atoms with E-state index in [1.54, 1.807) is 24.3 Å². The van der Waals surface area contributed by atoms with Gasteiger partial charge in [-0.1, -0.05) is 24.3 Å². The van der Waals surface area contributed by atoms with Crippen LogP contribution < -0.4 is 0 Å². The fourth-order valence-electron chi connectivity index (χ4n) is 2.80. The van der Waals surface area contributed by atoms with Gasteiger partial charge < -0.3 is 15.3 Å². The van der Waals surface area contributed by atoms with E-state index in [-0.39, 0.29) is 11.1 Å². The van der Waals surface area contributed by atoms with E-state index >= 15 is 0 Å². The predicted octanol–water partition coefficient (Wildman–Crippen LogP) is 0.970.